The summed E-state index contributed by atoms with van der Waals surface area (Å²) in [5.74, 6) is 0. The first-order valence-electron chi connectivity index (χ1n) is 3.85. The number of hydrogen-bond donors (Lipinski definition) is 1. The summed E-state index contributed by atoms with van der Waals surface area (Å²) in [5, 5.41) is 2.14. The first-order valence-corrected chi connectivity index (χ1v) is 3.85. The summed E-state index contributed by atoms with van der Waals surface area (Å²) in [4.78, 5) is 4.25. The maximum absolute atomic E-state index is 4.25. The number of hydrogen-bond acceptors (Lipinski definition) is 3. The van der Waals surface area contributed by atoms with Crippen LogP contribution in [0.5, 0.6) is 0 Å². The van der Waals surface area contributed by atoms with E-state index in [0.29, 0.717) is 0 Å². The number of hydrazine groups is 1. The molecule has 1 aromatic rings. The van der Waals surface area contributed by atoms with Crippen LogP contribution < -0.4 is 5.43 Å². The minimum absolute atomic E-state index is 0.923. The average Bonchev–Trinajstić information content (AvgIpc) is 2.46. The van der Waals surface area contributed by atoms with Gasteiger partial charge in [0.15, 0.2) is 0 Å². The minimum atomic E-state index is 0.923. The summed E-state index contributed by atoms with van der Waals surface area (Å²) in [6.45, 7) is 4.06. The monoisotopic (exact) mass is 149 g/mol. The van der Waals surface area contributed by atoms with Crippen LogP contribution in [0, 0.1) is 0 Å². The molecular weight excluding hydrogens is 138 g/mol. The van der Waals surface area contributed by atoms with Crippen LogP contribution in [-0.2, 0) is 6.54 Å². The summed E-state index contributed by atoms with van der Waals surface area (Å²) in [6.07, 6.45) is 1.83. The molecule has 0 saturated carbocycles. The van der Waals surface area contributed by atoms with E-state index in [0.717, 1.165) is 24.5 Å². The second-order valence-corrected chi connectivity index (χ2v) is 2.62. The summed E-state index contributed by atoms with van der Waals surface area (Å²) in [7, 11) is 0. The number of pyridine rings is 1. The molecule has 1 N–H and O–H groups in total. The van der Waals surface area contributed by atoms with Crippen LogP contribution in [-0.4, -0.2) is 16.5 Å². The molecule has 0 amide bonds. The van der Waals surface area contributed by atoms with Gasteiger partial charge in [0.2, 0.25) is 0 Å². The lowest BCUT2D eigenvalue weighted by molar-refractivity contribution is 0.360. The van der Waals surface area contributed by atoms with E-state index in [4.69, 9.17) is 0 Å². The Balaban J connectivity index is 2.27. The van der Waals surface area contributed by atoms with Gasteiger partial charge in [0.25, 0.3) is 0 Å². The molecule has 0 aromatic carbocycles. The molecule has 0 bridgehead atoms. The maximum Gasteiger partial charge on any atom is 0.0807 e. The highest BCUT2D eigenvalue weighted by Gasteiger charge is 2.16. The largest absolute Gasteiger partial charge is 0.317 e. The molecule has 0 aliphatic carbocycles. The highest BCUT2D eigenvalue weighted by molar-refractivity contribution is 5.49. The molecule has 3 heteroatoms. The van der Waals surface area contributed by atoms with Gasteiger partial charge in [0.1, 0.15) is 0 Å². The van der Waals surface area contributed by atoms with Gasteiger partial charge in [0, 0.05) is 12.7 Å². The molecule has 3 nitrogen and oxygen atoms in total. The van der Waals surface area contributed by atoms with Crippen molar-refractivity contribution in [3.05, 3.63) is 24.0 Å². The van der Waals surface area contributed by atoms with Gasteiger partial charge in [-0.2, -0.15) is 0 Å². The van der Waals surface area contributed by atoms with Gasteiger partial charge in [-0.05, 0) is 12.1 Å². The molecule has 0 fully saturated rings. The van der Waals surface area contributed by atoms with Crippen molar-refractivity contribution in [2.24, 2.45) is 0 Å². The third kappa shape index (κ3) is 1.07. The SMILES string of the molecule is CCN1Cc2ncccc2N1. The zero-order chi connectivity index (χ0) is 7.68. The highest BCUT2D eigenvalue weighted by atomic mass is 15.5. The molecule has 0 atom stereocenters. The molecule has 58 valence electrons. The van der Waals surface area contributed by atoms with Crippen molar-refractivity contribution >= 4 is 5.69 Å². The third-order valence-corrected chi connectivity index (χ3v) is 1.89. The van der Waals surface area contributed by atoms with Crippen molar-refractivity contribution in [2.75, 3.05) is 12.0 Å². The van der Waals surface area contributed by atoms with Crippen LogP contribution in [0.4, 0.5) is 5.69 Å². The van der Waals surface area contributed by atoms with Crippen LogP contribution in [0.15, 0.2) is 18.3 Å². The molecule has 0 unspecified atom stereocenters. The van der Waals surface area contributed by atoms with E-state index in [-0.39, 0.29) is 0 Å². The Kier molecular flexibility index (Phi) is 1.51. The lowest BCUT2D eigenvalue weighted by Gasteiger charge is -2.11. The van der Waals surface area contributed by atoms with Gasteiger partial charge < -0.3 is 5.43 Å². The number of aromatic nitrogens is 1. The Morgan fingerprint density at radius 2 is 2.64 bits per heavy atom. The fourth-order valence-electron chi connectivity index (χ4n) is 1.25. The van der Waals surface area contributed by atoms with Crippen LogP contribution in [0.25, 0.3) is 0 Å². The smallest absolute Gasteiger partial charge is 0.0807 e. The van der Waals surface area contributed by atoms with Gasteiger partial charge in [-0.1, -0.05) is 6.92 Å². The normalized spacial score (nSPS) is 16.1. The Hall–Kier alpha value is -1.09. The van der Waals surface area contributed by atoms with E-state index in [1.54, 1.807) is 0 Å². The standard InChI is InChI=1S/C8H11N3/c1-2-11-6-8-7(10-11)4-3-5-9-8/h3-5,10H,2,6H2,1H3. The Labute approximate surface area is 66.0 Å². The second kappa shape index (κ2) is 2.51. The molecule has 0 saturated heterocycles. The van der Waals surface area contributed by atoms with Crippen molar-refractivity contribution in [2.45, 2.75) is 13.5 Å². The summed E-state index contributed by atoms with van der Waals surface area (Å²) >= 11 is 0. The molecule has 11 heavy (non-hydrogen) atoms. The van der Waals surface area contributed by atoms with Crippen LogP contribution in [0.2, 0.25) is 0 Å². The summed E-state index contributed by atoms with van der Waals surface area (Å²) in [5.41, 5.74) is 5.55. The lowest BCUT2D eigenvalue weighted by Crippen LogP contribution is -2.22. The number of fused-ring (bicyclic) bond motifs is 1. The molecule has 1 aliphatic heterocycles. The number of nitrogens with zero attached hydrogens (tertiary/aromatic N) is 2. The van der Waals surface area contributed by atoms with E-state index >= 15 is 0 Å². The van der Waals surface area contributed by atoms with E-state index < -0.39 is 0 Å². The lowest BCUT2D eigenvalue weighted by atomic mass is 10.3. The topological polar surface area (TPSA) is 28.2 Å². The maximum atomic E-state index is 4.25. The molecule has 0 radical (unpaired) electrons. The molecule has 1 aliphatic rings. The van der Waals surface area contributed by atoms with E-state index in [9.17, 15) is 0 Å². The van der Waals surface area contributed by atoms with Crippen LogP contribution in [0.1, 0.15) is 12.6 Å². The quantitative estimate of drug-likeness (QED) is 0.651. The van der Waals surface area contributed by atoms with Crippen molar-refractivity contribution in [3.8, 4) is 0 Å². The second-order valence-electron chi connectivity index (χ2n) is 2.62. The summed E-state index contributed by atoms with van der Waals surface area (Å²) < 4.78 is 0. The van der Waals surface area contributed by atoms with Gasteiger partial charge in [-0.15, -0.1) is 0 Å². The zero-order valence-corrected chi connectivity index (χ0v) is 6.54. The molecule has 1 aromatic heterocycles. The fourth-order valence-corrected chi connectivity index (χ4v) is 1.25. The summed E-state index contributed by atoms with van der Waals surface area (Å²) in [6, 6.07) is 4.00. The van der Waals surface area contributed by atoms with Crippen molar-refractivity contribution in [3.63, 3.8) is 0 Å². The Morgan fingerprint density at radius 1 is 1.73 bits per heavy atom. The number of rotatable bonds is 1. The van der Waals surface area contributed by atoms with Crippen molar-refractivity contribution in [1.29, 1.82) is 0 Å². The fraction of sp³-hybridized carbons (Fsp3) is 0.375. The Morgan fingerprint density at radius 3 is 3.36 bits per heavy atom. The van der Waals surface area contributed by atoms with Gasteiger partial charge in [-0.25, -0.2) is 5.01 Å². The molecular formula is C8H11N3. The highest BCUT2D eigenvalue weighted by Crippen LogP contribution is 2.21. The van der Waals surface area contributed by atoms with Crippen LogP contribution in [0.3, 0.4) is 0 Å². The predicted molar refractivity (Wildman–Crippen MR) is 43.9 cm³/mol. The zero-order valence-electron chi connectivity index (χ0n) is 6.54. The van der Waals surface area contributed by atoms with E-state index in [2.05, 4.69) is 28.4 Å². The third-order valence-electron chi connectivity index (χ3n) is 1.89. The van der Waals surface area contributed by atoms with Gasteiger partial charge >= 0.3 is 0 Å². The molecule has 0 spiro atoms. The first kappa shape index (κ1) is 6.61. The predicted octanol–water partition coefficient (Wildman–Crippen LogP) is 1.24. The molecule has 2 heterocycles. The average molecular weight is 149 g/mol. The van der Waals surface area contributed by atoms with Crippen molar-refractivity contribution in [1.82, 2.24) is 9.99 Å². The van der Waals surface area contributed by atoms with E-state index in [1.165, 1.54) is 0 Å². The van der Waals surface area contributed by atoms with Gasteiger partial charge in [0.05, 0.1) is 17.9 Å². The minimum Gasteiger partial charge on any atom is -0.317 e. The number of anilines is 1. The molecule has 2 rings (SSSR count). The van der Waals surface area contributed by atoms with E-state index in [1.807, 2.05) is 12.3 Å². The first-order chi connectivity index (χ1) is 5.40. The Bertz CT molecular complexity index is 234. The van der Waals surface area contributed by atoms with Gasteiger partial charge in [-0.3, -0.25) is 4.98 Å². The number of nitrogens with one attached hydrogen (secondary N) is 1. The van der Waals surface area contributed by atoms with Crippen molar-refractivity contribution < 1.29 is 0 Å². The van der Waals surface area contributed by atoms with Crippen LogP contribution >= 0.6 is 0 Å².